The summed E-state index contributed by atoms with van der Waals surface area (Å²) in [4.78, 5) is 20.8. The monoisotopic (exact) mass is 426 g/mol. The van der Waals surface area contributed by atoms with Gasteiger partial charge in [-0.25, -0.2) is 9.78 Å². The first kappa shape index (κ1) is 20.8. The summed E-state index contributed by atoms with van der Waals surface area (Å²) in [6.45, 7) is 0. The number of carbonyl (C=O) groups excluding carboxylic acids is 1. The van der Waals surface area contributed by atoms with Crippen molar-refractivity contribution in [3.05, 3.63) is 103 Å². The molecule has 0 aliphatic carbocycles. The van der Waals surface area contributed by atoms with Gasteiger partial charge in [-0.15, -0.1) is 0 Å². The fourth-order valence-corrected chi connectivity index (χ4v) is 3.34. The molecule has 0 saturated carbocycles. The van der Waals surface area contributed by atoms with Crippen LogP contribution < -0.4 is 10.6 Å². The third-order valence-corrected chi connectivity index (χ3v) is 4.96. The van der Waals surface area contributed by atoms with Crippen molar-refractivity contribution in [3.8, 4) is 11.4 Å². The number of aromatic hydroxyl groups is 1. The molecule has 0 bridgehead atoms. The summed E-state index contributed by atoms with van der Waals surface area (Å²) in [6.07, 6.45) is 8.66. The molecule has 32 heavy (non-hydrogen) atoms. The molecule has 2 aromatic heterocycles. The van der Waals surface area contributed by atoms with Gasteiger partial charge in [-0.3, -0.25) is 4.98 Å². The molecule has 4 N–H and O–H groups in total. The minimum absolute atomic E-state index is 0.0569. The van der Waals surface area contributed by atoms with Gasteiger partial charge in [0.2, 0.25) is 0 Å². The Morgan fingerprint density at radius 1 is 1.03 bits per heavy atom. The second-order valence-corrected chi connectivity index (χ2v) is 7.15. The van der Waals surface area contributed by atoms with Gasteiger partial charge in [-0.2, -0.15) is 0 Å². The predicted molar refractivity (Wildman–Crippen MR) is 122 cm³/mol. The van der Waals surface area contributed by atoms with Crippen molar-refractivity contribution in [1.82, 2.24) is 19.9 Å². The number of aromatic nitrogens is 3. The minimum atomic E-state index is -0.603. The number of pyridine rings is 1. The zero-order valence-electron chi connectivity index (χ0n) is 17.1. The molecule has 2 aromatic carbocycles. The number of phenols is 1. The molecule has 160 valence electrons. The summed E-state index contributed by atoms with van der Waals surface area (Å²) >= 11 is 0. The summed E-state index contributed by atoms with van der Waals surface area (Å²) in [5.41, 5.74) is 3.03. The van der Waals surface area contributed by atoms with Crippen LogP contribution in [0, 0.1) is 5.41 Å². The van der Waals surface area contributed by atoms with Crippen molar-refractivity contribution >= 4 is 17.4 Å². The minimum Gasteiger partial charge on any atom is -0.508 e. The van der Waals surface area contributed by atoms with E-state index in [0.717, 1.165) is 5.69 Å². The van der Waals surface area contributed by atoms with E-state index in [-0.39, 0.29) is 12.2 Å². The van der Waals surface area contributed by atoms with Crippen molar-refractivity contribution in [2.75, 3.05) is 5.32 Å². The number of imidazole rings is 1. The molecule has 0 saturated heterocycles. The summed E-state index contributed by atoms with van der Waals surface area (Å²) in [5.74, 6) is 0.0569. The van der Waals surface area contributed by atoms with E-state index in [1.54, 1.807) is 73.4 Å². The maximum atomic E-state index is 12.7. The van der Waals surface area contributed by atoms with Crippen LogP contribution in [0.1, 0.15) is 23.6 Å². The van der Waals surface area contributed by atoms with Crippen LogP contribution in [0.2, 0.25) is 0 Å². The van der Waals surface area contributed by atoms with Crippen molar-refractivity contribution in [3.63, 3.8) is 0 Å². The molecule has 0 aliphatic rings. The fourth-order valence-electron chi connectivity index (χ4n) is 3.34. The molecule has 0 aliphatic heterocycles. The van der Waals surface area contributed by atoms with E-state index in [4.69, 9.17) is 5.41 Å². The second kappa shape index (κ2) is 9.57. The molecule has 0 radical (unpaired) electrons. The number of hydrogen-bond acceptors (Lipinski definition) is 5. The molecule has 8 nitrogen and oxygen atoms in total. The van der Waals surface area contributed by atoms with Crippen LogP contribution in [0.5, 0.6) is 5.75 Å². The first-order valence-electron chi connectivity index (χ1n) is 10.0. The number of phenolic OH excluding ortho intramolecular Hbond substituents is 1. The fraction of sp³-hybridized carbons (Fsp3) is 0.0833. The third kappa shape index (κ3) is 4.99. The Bertz CT molecular complexity index is 1190. The number of rotatable bonds is 7. The Labute approximate surface area is 185 Å². The SMILES string of the molecule is N=C(CC(NC(=O)Nc1ccc(-n2ccnc2)cc1)c1ccccc1O)c1cccnc1. The van der Waals surface area contributed by atoms with E-state index in [1.165, 1.54) is 0 Å². The number of carbonyl (C=O) groups is 1. The molecular formula is C24H22N6O2. The smallest absolute Gasteiger partial charge is 0.319 e. The van der Waals surface area contributed by atoms with Crippen LogP contribution in [0.15, 0.2) is 91.8 Å². The molecule has 4 aromatic rings. The quantitative estimate of drug-likeness (QED) is 0.330. The molecule has 2 heterocycles. The van der Waals surface area contributed by atoms with Crippen LogP contribution >= 0.6 is 0 Å². The van der Waals surface area contributed by atoms with Gasteiger partial charge in [-0.1, -0.05) is 24.3 Å². The lowest BCUT2D eigenvalue weighted by atomic mass is 9.97. The van der Waals surface area contributed by atoms with Crippen LogP contribution in [0.4, 0.5) is 10.5 Å². The zero-order valence-corrected chi connectivity index (χ0v) is 17.1. The summed E-state index contributed by atoms with van der Waals surface area (Å²) in [7, 11) is 0. The van der Waals surface area contributed by atoms with E-state index < -0.39 is 12.1 Å². The number of amides is 2. The molecule has 4 rings (SSSR count). The highest BCUT2D eigenvalue weighted by molar-refractivity contribution is 5.99. The highest BCUT2D eigenvalue weighted by Crippen LogP contribution is 2.27. The number of urea groups is 1. The number of para-hydroxylation sites is 1. The van der Waals surface area contributed by atoms with Gasteiger partial charge in [-0.05, 0) is 36.4 Å². The molecule has 0 spiro atoms. The highest BCUT2D eigenvalue weighted by atomic mass is 16.3. The number of anilines is 1. The lowest BCUT2D eigenvalue weighted by molar-refractivity contribution is 0.248. The average Bonchev–Trinajstić information content (AvgIpc) is 3.35. The van der Waals surface area contributed by atoms with E-state index >= 15 is 0 Å². The van der Waals surface area contributed by atoms with Crippen LogP contribution in [-0.2, 0) is 0 Å². The van der Waals surface area contributed by atoms with Crippen LogP contribution in [-0.4, -0.2) is 31.4 Å². The van der Waals surface area contributed by atoms with Crippen molar-refractivity contribution < 1.29 is 9.90 Å². The van der Waals surface area contributed by atoms with Gasteiger partial charge in [0.1, 0.15) is 5.75 Å². The van der Waals surface area contributed by atoms with Crippen molar-refractivity contribution in [2.24, 2.45) is 0 Å². The first-order chi connectivity index (χ1) is 15.6. The van der Waals surface area contributed by atoms with Crippen LogP contribution in [0.25, 0.3) is 5.69 Å². The molecule has 8 heteroatoms. The molecular weight excluding hydrogens is 404 g/mol. The van der Waals surface area contributed by atoms with E-state index in [0.29, 0.717) is 22.5 Å². The third-order valence-electron chi connectivity index (χ3n) is 4.96. The standard InChI is InChI=1S/C24H22N6O2/c25-21(17-4-3-11-26-15-17)14-22(20-5-1-2-6-23(20)31)29-24(32)28-18-7-9-19(10-8-18)30-13-12-27-16-30/h1-13,15-16,22,25,31H,14H2,(H2,28,29,32). The van der Waals surface area contributed by atoms with Gasteiger partial charge in [0, 0.05) is 59.4 Å². The Kier molecular flexibility index (Phi) is 6.22. The molecule has 0 fully saturated rings. The Balaban J connectivity index is 1.48. The lowest BCUT2D eigenvalue weighted by Crippen LogP contribution is -2.34. The van der Waals surface area contributed by atoms with Gasteiger partial charge in [0.05, 0.1) is 12.4 Å². The molecule has 2 amide bonds. The first-order valence-corrected chi connectivity index (χ1v) is 10.0. The maximum Gasteiger partial charge on any atom is 0.319 e. The topological polar surface area (TPSA) is 116 Å². The maximum absolute atomic E-state index is 12.7. The van der Waals surface area contributed by atoms with Crippen molar-refractivity contribution in [1.29, 1.82) is 5.41 Å². The number of hydrogen-bond donors (Lipinski definition) is 4. The second-order valence-electron chi connectivity index (χ2n) is 7.15. The largest absolute Gasteiger partial charge is 0.508 e. The Morgan fingerprint density at radius 3 is 2.53 bits per heavy atom. The van der Waals surface area contributed by atoms with Gasteiger partial charge in [0.25, 0.3) is 0 Å². The van der Waals surface area contributed by atoms with Gasteiger partial charge < -0.3 is 25.7 Å². The van der Waals surface area contributed by atoms with E-state index in [1.807, 2.05) is 22.9 Å². The van der Waals surface area contributed by atoms with Gasteiger partial charge in [0.15, 0.2) is 0 Å². The number of benzene rings is 2. The summed E-state index contributed by atoms with van der Waals surface area (Å²) in [5, 5.41) is 24.4. The number of nitrogens with zero attached hydrogens (tertiary/aromatic N) is 3. The highest BCUT2D eigenvalue weighted by Gasteiger charge is 2.20. The molecule has 1 unspecified atom stereocenters. The van der Waals surface area contributed by atoms with E-state index in [9.17, 15) is 9.90 Å². The summed E-state index contributed by atoms with van der Waals surface area (Å²) < 4.78 is 1.86. The number of nitrogens with one attached hydrogen (secondary N) is 3. The Morgan fingerprint density at radius 2 is 1.84 bits per heavy atom. The van der Waals surface area contributed by atoms with Crippen LogP contribution in [0.3, 0.4) is 0 Å². The van der Waals surface area contributed by atoms with Crippen molar-refractivity contribution in [2.45, 2.75) is 12.5 Å². The van der Waals surface area contributed by atoms with E-state index in [2.05, 4.69) is 20.6 Å². The van der Waals surface area contributed by atoms with Gasteiger partial charge >= 0.3 is 6.03 Å². The average molecular weight is 426 g/mol. The normalized spacial score (nSPS) is 11.5. The molecule has 1 atom stereocenters. The Hall–Kier alpha value is -4.46. The summed E-state index contributed by atoms with van der Waals surface area (Å²) in [6, 6.07) is 16.6. The lowest BCUT2D eigenvalue weighted by Gasteiger charge is -2.21. The zero-order chi connectivity index (χ0) is 22.3. The predicted octanol–water partition coefficient (Wildman–Crippen LogP) is 4.29.